The number of aromatic nitrogens is 2. The summed E-state index contributed by atoms with van der Waals surface area (Å²) in [5.41, 5.74) is 4.36. The second kappa shape index (κ2) is 7.94. The molecule has 1 heterocycles. The Hall–Kier alpha value is -2.66. The van der Waals surface area contributed by atoms with Crippen LogP contribution < -0.4 is 10.6 Å². The van der Waals surface area contributed by atoms with Crippen molar-refractivity contribution in [1.82, 2.24) is 9.78 Å². The van der Waals surface area contributed by atoms with Crippen LogP contribution in [0.4, 0.5) is 11.4 Å². The molecule has 0 bridgehead atoms. The molecule has 5 heteroatoms. The van der Waals surface area contributed by atoms with Crippen LogP contribution in [-0.2, 0) is 6.54 Å². The van der Waals surface area contributed by atoms with E-state index in [4.69, 9.17) is 12.2 Å². The first-order valence-electron chi connectivity index (χ1n) is 8.34. The fourth-order valence-corrected chi connectivity index (χ4v) is 2.77. The number of hydrogen-bond donors (Lipinski definition) is 2. The van der Waals surface area contributed by atoms with E-state index in [9.17, 15) is 0 Å². The Balaban J connectivity index is 1.56. The number of rotatable bonds is 5. The Labute approximate surface area is 153 Å². The number of anilines is 2. The van der Waals surface area contributed by atoms with Crippen LogP contribution in [-0.4, -0.2) is 14.9 Å². The molecule has 0 saturated carbocycles. The van der Waals surface area contributed by atoms with Crippen molar-refractivity contribution in [3.8, 4) is 0 Å². The van der Waals surface area contributed by atoms with E-state index in [1.54, 1.807) is 6.20 Å². The van der Waals surface area contributed by atoms with Gasteiger partial charge in [-0.1, -0.05) is 56.3 Å². The van der Waals surface area contributed by atoms with E-state index in [1.165, 1.54) is 11.1 Å². The normalized spacial score (nSPS) is 10.7. The third-order valence-corrected chi connectivity index (χ3v) is 4.12. The number of thiocarbonyl (C=S) groups is 1. The van der Waals surface area contributed by atoms with Crippen LogP contribution in [0.1, 0.15) is 30.9 Å². The van der Waals surface area contributed by atoms with E-state index >= 15 is 0 Å². The van der Waals surface area contributed by atoms with Crippen molar-refractivity contribution in [2.45, 2.75) is 26.3 Å². The Morgan fingerprint density at radius 3 is 2.36 bits per heavy atom. The zero-order valence-corrected chi connectivity index (χ0v) is 15.3. The van der Waals surface area contributed by atoms with Crippen LogP contribution >= 0.6 is 12.2 Å². The number of nitrogens with one attached hydrogen (secondary N) is 2. The number of benzene rings is 2. The molecule has 2 aromatic carbocycles. The van der Waals surface area contributed by atoms with Crippen LogP contribution in [0, 0.1) is 0 Å². The van der Waals surface area contributed by atoms with Crippen LogP contribution in [0.2, 0.25) is 0 Å². The standard InChI is InChI=1S/C20H22N4S/c1-15(2)17-8-10-18(11-9-17)22-20(25)23-19-12-21-24(14-19)13-16-6-4-3-5-7-16/h3-12,14-15H,13H2,1-2H3,(H2,22,23,25). The van der Waals surface area contributed by atoms with E-state index < -0.39 is 0 Å². The highest BCUT2D eigenvalue weighted by Gasteiger charge is 2.04. The lowest BCUT2D eigenvalue weighted by atomic mass is 10.0. The zero-order valence-electron chi connectivity index (χ0n) is 14.4. The molecule has 1 aromatic heterocycles. The molecular formula is C20H22N4S. The summed E-state index contributed by atoms with van der Waals surface area (Å²) in [4.78, 5) is 0. The summed E-state index contributed by atoms with van der Waals surface area (Å²) >= 11 is 5.38. The van der Waals surface area contributed by atoms with Crippen LogP contribution in [0.15, 0.2) is 67.0 Å². The molecule has 2 N–H and O–H groups in total. The third-order valence-electron chi connectivity index (χ3n) is 3.91. The average molecular weight is 350 g/mol. The maximum atomic E-state index is 5.38. The molecule has 0 aliphatic carbocycles. The van der Waals surface area contributed by atoms with Gasteiger partial charge in [-0.05, 0) is 41.4 Å². The molecule has 0 aliphatic heterocycles. The third kappa shape index (κ3) is 4.90. The SMILES string of the molecule is CC(C)c1ccc(NC(=S)Nc2cnn(Cc3ccccc3)c2)cc1. The first-order chi connectivity index (χ1) is 12.1. The van der Waals surface area contributed by atoms with Gasteiger partial charge in [0.05, 0.1) is 18.4 Å². The average Bonchev–Trinajstić information content (AvgIpc) is 3.03. The van der Waals surface area contributed by atoms with Crippen LogP contribution in [0.25, 0.3) is 0 Å². The minimum absolute atomic E-state index is 0.523. The van der Waals surface area contributed by atoms with Gasteiger partial charge in [0.15, 0.2) is 5.11 Å². The molecule has 0 amide bonds. The molecule has 0 saturated heterocycles. The zero-order chi connectivity index (χ0) is 17.6. The van der Waals surface area contributed by atoms with Gasteiger partial charge in [0.25, 0.3) is 0 Å². The highest BCUT2D eigenvalue weighted by molar-refractivity contribution is 7.80. The Morgan fingerprint density at radius 1 is 1.00 bits per heavy atom. The summed E-state index contributed by atoms with van der Waals surface area (Å²) in [6, 6.07) is 18.6. The summed E-state index contributed by atoms with van der Waals surface area (Å²) in [6.07, 6.45) is 3.72. The molecule has 25 heavy (non-hydrogen) atoms. The van der Waals surface area contributed by atoms with Crippen LogP contribution in [0.3, 0.4) is 0 Å². The van der Waals surface area contributed by atoms with Crippen molar-refractivity contribution in [2.75, 3.05) is 10.6 Å². The highest BCUT2D eigenvalue weighted by atomic mass is 32.1. The number of nitrogens with zero attached hydrogens (tertiary/aromatic N) is 2. The van der Waals surface area contributed by atoms with Gasteiger partial charge >= 0.3 is 0 Å². The van der Waals surface area contributed by atoms with Crippen molar-refractivity contribution in [3.05, 3.63) is 78.1 Å². The summed E-state index contributed by atoms with van der Waals surface area (Å²) < 4.78 is 1.89. The van der Waals surface area contributed by atoms with Crippen molar-refractivity contribution in [3.63, 3.8) is 0 Å². The maximum absolute atomic E-state index is 5.38. The lowest BCUT2D eigenvalue weighted by molar-refractivity contribution is 0.687. The molecule has 0 spiro atoms. The predicted molar refractivity (Wildman–Crippen MR) is 108 cm³/mol. The minimum atomic E-state index is 0.523. The summed E-state index contributed by atoms with van der Waals surface area (Å²) in [5, 5.41) is 11.3. The van der Waals surface area contributed by atoms with E-state index in [1.807, 2.05) is 41.2 Å². The fourth-order valence-electron chi connectivity index (χ4n) is 2.53. The van der Waals surface area contributed by atoms with E-state index in [0.717, 1.165) is 17.9 Å². The van der Waals surface area contributed by atoms with Gasteiger partial charge < -0.3 is 10.6 Å². The van der Waals surface area contributed by atoms with E-state index in [-0.39, 0.29) is 0 Å². The monoisotopic (exact) mass is 350 g/mol. The molecule has 0 radical (unpaired) electrons. The van der Waals surface area contributed by atoms with Gasteiger partial charge in [0.1, 0.15) is 0 Å². The molecule has 0 unspecified atom stereocenters. The lowest BCUT2D eigenvalue weighted by Gasteiger charge is -2.10. The van der Waals surface area contributed by atoms with Gasteiger partial charge in [-0.2, -0.15) is 5.10 Å². The smallest absolute Gasteiger partial charge is 0.175 e. The van der Waals surface area contributed by atoms with Crippen molar-refractivity contribution >= 4 is 28.7 Å². The Kier molecular flexibility index (Phi) is 5.46. The lowest BCUT2D eigenvalue weighted by Crippen LogP contribution is -2.18. The summed E-state index contributed by atoms with van der Waals surface area (Å²) in [6.45, 7) is 5.10. The molecule has 0 atom stereocenters. The first kappa shape index (κ1) is 17.2. The molecule has 128 valence electrons. The molecule has 4 nitrogen and oxygen atoms in total. The van der Waals surface area contributed by atoms with Crippen LogP contribution in [0.5, 0.6) is 0 Å². The second-order valence-electron chi connectivity index (χ2n) is 6.27. The quantitative estimate of drug-likeness (QED) is 0.645. The first-order valence-corrected chi connectivity index (χ1v) is 8.75. The maximum Gasteiger partial charge on any atom is 0.175 e. The molecule has 0 aliphatic rings. The van der Waals surface area contributed by atoms with Gasteiger partial charge in [0, 0.05) is 11.9 Å². The molecular weight excluding hydrogens is 328 g/mol. The van der Waals surface area contributed by atoms with Crippen molar-refractivity contribution in [1.29, 1.82) is 0 Å². The summed E-state index contributed by atoms with van der Waals surface area (Å²) in [5.74, 6) is 0.523. The van der Waals surface area contributed by atoms with E-state index in [2.05, 4.69) is 53.8 Å². The van der Waals surface area contributed by atoms with Gasteiger partial charge in [0.2, 0.25) is 0 Å². The molecule has 3 aromatic rings. The Morgan fingerprint density at radius 2 is 1.68 bits per heavy atom. The topological polar surface area (TPSA) is 41.9 Å². The van der Waals surface area contributed by atoms with Crippen molar-refractivity contribution in [2.24, 2.45) is 0 Å². The second-order valence-corrected chi connectivity index (χ2v) is 6.68. The molecule has 3 rings (SSSR count). The fraction of sp³-hybridized carbons (Fsp3) is 0.200. The number of hydrogen-bond acceptors (Lipinski definition) is 2. The minimum Gasteiger partial charge on any atom is -0.332 e. The summed E-state index contributed by atoms with van der Waals surface area (Å²) in [7, 11) is 0. The molecule has 0 fully saturated rings. The van der Waals surface area contributed by atoms with Gasteiger partial charge in [-0.3, -0.25) is 4.68 Å². The highest BCUT2D eigenvalue weighted by Crippen LogP contribution is 2.17. The Bertz CT molecular complexity index is 822. The van der Waals surface area contributed by atoms with E-state index in [0.29, 0.717) is 11.0 Å². The van der Waals surface area contributed by atoms with Crippen molar-refractivity contribution < 1.29 is 0 Å². The largest absolute Gasteiger partial charge is 0.332 e. The predicted octanol–water partition coefficient (Wildman–Crippen LogP) is 4.86. The van der Waals surface area contributed by atoms with Gasteiger partial charge in [-0.25, -0.2) is 0 Å². The van der Waals surface area contributed by atoms with Gasteiger partial charge in [-0.15, -0.1) is 0 Å².